The Morgan fingerprint density at radius 1 is 1.24 bits per heavy atom. The van der Waals surface area contributed by atoms with Crippen molar-refractivity contribution in [1.82, 2.24) is 9.88 Å². The highest BCUT2D eigenvalue weighted by molar-refractivity contribution is 5.89. The van der Waals surface area contributed by atoms with E-state index in [1.165, 1.54) is 10.5 Å². The quantitative estimate of drug-likeness (QED) is 0.494. The number of hydrogen-bond acceptors (Lipinski definition) is 5. The lowest BCUT2D eigenvalue weighted by molar-refractivity contribution is -0.137. The number of urea groups is 1. The molecule has 1 aliphatic carbocycles. The van der Waals surface area contributed by atoms with Crippen molar-refractivity contribution < 1.29 is 23.8 Å². The van der Waals surface area contributed by atoms with Gasteiger partial charge in [-0.1, -0.05) is 12.1 Å². The number of carboxylic acid groups (broad SMARTS) is 1. The maximum Gasteiger partial charge on any atom is 0.321 e. The lowest BCUT2D eigenvalue weighted by atomic mass is 9.98. The zero-order valence-electron chi connectivity index (χ0n) is 19.6. The summed E-state index contributed by atoms with van der Waals surface area (Å²) in [6.07, 6.45) is 2.51. The van der Waals surface area contributed by atoms with E-state index in [9.17, 15) is 9.59 Å². The second-order valence-electron chi connectivity index (χ2n) is 8.72. The Balaban J connectivity index is 1.37. The van der Waals surface area contributed by atoms with Crippen molar-refractivity contribution >= 4 is 17.7 Å². The third kappa shape index (κ3) is 5.39. The van der Waals surface area contributed by atoms with Crippen LogP contribution < -0.4 is 10.1 Å². The molecule has 0 aliphatic heterocycles. The lowest BCUT2D eigenvalue weighted by Gasteiger charge is -2.12. The first-order chi connectivity index (χ1) is 16.3. The average molecular weight is 464 g/mol. The van der Waals surface area contributed by atoms with Gasteiger partial charge in [-0.2, -0.15) is 0 Å². The summed E-state index contributed by atoms with van der Waals surface area (Å²) in [7, 11) is 3.37. The summed E-state index contributed by atoms with van der Waals surface area (Å²) < 4.78 is 11.8. The predicted octanol–water partition coefficient (Wildman–Crippen LogP) is 4.87. The summed E-state index contributed by atoms with van der Waals surface area (Å²) in [6.45, 7) is 2.32. The molecule has 0 spiro atoms. The molecule has 4 rings (SSSR count). The van der Waals surface area contributed by atoms with E-state index in [-0.39, 0.29) is 18.4 Å². The molecule has 0 radical (unpaired) electrons. The van der Waals surface area contributed by atoms with Crippen LogP contribution in [0.1, 0.15) is 41.3 Å². The van der Waals surface area contributed by atoms with Gasteiger partial charge in [0, 0.05) is 31.8 Å². The minimum atomic E-state index is -0.759. The van der Waals surface area contributed by atoms with Crippen molar-refractivity contribution in [3.05, 3.63) is 65.0 Å². The Hall–Kier alpha value is -3.81. The molecule has 1 heterocycles. The Bertz CT molecular complexity index is 1200. The van der Waals surface area contributed by atoms with Gasteiger partial charge < -0.3 is 24.5 Å². The van der Waals surface area contributed by atoms with Crippen molar-refractivity contribution in [2.24, 2.45) is 0 Å². The number of carbonyl (C=O) groups excluding carboxylic acids is 1. The SMILES string of the molecule is Cc1oc(-c2cccc(NC(=O)N(C)C)c2)nc1CCOc1ccc2c(c1)CC[C@H]2CC(=O)O. The monoisotopic (exact) mass is 463 g/mol. The molecule has 34 heavy (non-hydrogen) atoms. The van der Waals surface area contributed by atoms with Crippen LogP contribution in [0.2, 0.25) is 0 Å². The number of oxazole rings is 1. The van der Waals surface area contributed by atoms with Gasteiger partial charge in [0.25, 0.3) is 0 Å². The molecule has 178 valence electrons. The van der Waals surface area contributed by atoms with Gasteiger partial charge in [-0.05, 0) is 67.1 Å². The molecule has 8 heteroatoms. The molecule has 0 fully saturated rings. The number of carbonyl (C=O) groups is 2. The number of nitrogens with one attached hydrogen (secondary N) is 1. The highest BCUT2D eigenvalue weighted by Crippen LogP contribution is 2.37. The van der Waals surface area contributed by atoms with Gasteiger partial charge in [0.1, 0.15) is 11.5 Å². The fraction of sp³-hybridized carbons (Fsp3) is 0.346. The lowest BCUT2D eigenvalue weighted by Crippen LogP contribution is -2.27. The van der Waals surface area contributed by atoms with Crippen molar-refractivity contribution in [2.75, 3.05) is 26.0 Å². The van der Waals surface area contributed by atoms with Gasteiger partial charge in [0.05, 0.1) is 18.7 Å². The predicted molar refractivity (Wildman–Crippen MR) is 128 cm³/mol. The van der Waals surface area contributed by atoms with E-state index < -0.39 is 5.97 Å². The van der Waals surface area contributed by atoms with Crippen molar-refractivity contribution in [1.29, 1.82) is 0 Å². The molecular formula is C26H29N3O5. The second-order valence-corrected chi connectivity index (χ2v) is 8.72. The highest BCUT2D eigenvalue weighted by Gasteiger charge is 2.25. The van der Waals surface area contributed by atoms with Gasteiger partial charge in [0.2, 0.25) is 5.89 Å². The van der Waals surface area contributed by atoms with Crippen LogP contribution in [-0.2, 0) is 17.6 Å². The molecule has 2 amide bonds. The van der Waals surface area contributed by atoms with Crippen molar-refractivity contribution in [3.63, 3.8) is 0 Å². The van der Waals surface area contributed by atoms with Crippen LogP contribution in [0, 0.1) is 6.92 Å². The summed E-state index contributed by atoms with van der Waals surface area (Å²) in [5, 5.41) is 11.9. The van der Waals surface area contributed by atoms with Crippen LogP contribution in [0.25, 0.3) is 11.5 Å². The third-order valence-corrected chi connectivity index (χ3v) is 6.00. The van der Waals surface area contributed by atoms with Crippen molar-refractivity contribution in [2.45, 2.75) is 38.5 Å². The average Bonchev–Trinajstić information content (AvgIpc) is 3.36. The number of anilines is 1. The maximum atomic E-state index is 11.9. The molecule has 2 N–H and O–H groups in total. The molecule has 0 saturated carbocycles. The van der Waals surface area contributed by atoms with E-state index >= 15 is 0 Å². The number of carboxylic acids is 1. The topological polar surface area (TPSA) is 105 Å². The second kappa shape index (κ2) is 9.99. The van der Waals surface area contributed by atoms with E-state index in [0.29, 0.717) is 24.6 Å². The number of hydrogen-bond donors (Lipinski definition) is 2. The van der Waals surface area contributed by atoms with E-state index in [1.54, 1.807) is 14.1 Å². The van der Waals surface area contributed by atoms with E-state index in [1.807, 2.05) is 49.4 Å². The minimum absolute atomic E-state index is 0.0902. The van der Waals surface area contributed by atoms with E-state index in [4.69, 9.17) is 14.3 Å². The summed E-state index contributed by atoms with van der Waals surface area (Å²) in [6, 6.07) is 13.1. The maximum absolute atomic E-state index is 11.9. The molecule has 2 aromatic carbocycles. The molecule has 0 unspecified atom stereocenters. The molecule has 1 aromatic heterocycles. The Morgan fingerprint density at radius 2 is 2.06 bits per heavy atom. The Labute approximate surface area is 198 Å². The highest BCUT2D eigenvalue weighted by atomic mass is 16.5. The molecular weight excluding hydrogens is 434 g/mol. The third-order valence-electron chi connectivity index (χ3n) is 6.00. The van der Waals surface area contributed by atoms with Crippen LogP contribution in [0.4, 0.5) is 10.5 Å². The number of fused-ring (bicyclic) bond motifs is 1. The molecule has 1 aliphatic rings. The fourth-order valence-electron chi connectivity index (χ4n) is 4.21. The molecule has 0 bridgehead atoms. The van der Waals surface area contributed by atoms with Crippen LogP contribution in [0.5, 0.6) is 5.75 Å². The summed E-state index contributed by atoms with van der Waals surface area (Å²) in [4.78, 5) is 29.1. The molecule has 8 nitrogen and oxygen atoms in total. The number of rotatable bonds is 8. The van der Waals surface area contributed by atoms with E-state index in [0.717, 1.165) is 41.2 Å². The van der Waals surface area contributed by atoms with Gasteiger partial charge in [-0.25, -0.2) is 9.78 Å². The van der Waals surface area contributed by atoms with Crippen LogP contribution >= 0.6 is 0 Å². The minimum Gasteiger partial charge on any atom is -0.493 e. The number of aliphatic carboxylic acids is 1. The summed E-state index contributed by atoms with van der Waals surface area (Å²) in [5.74, 6) is 1.33. The fourth-order valence-corrected chi connectivity index (χ4v) is 4.21. The first-order valence-electron chi connectivity index (χ1n) is 11.3. The zero-order chi connectivity index (χ0) is 24.2. The Kier molecular flexibility index (Phi) is 6.86. The Morgan fingerprint density at radius 3 is 2.82 bits per heavy atom. The summed E-state index contributed by atoms with van der Waals surface area (Å²) in [5.41, 5.74) is 4.56. The first-order valence-corrected chi connectivity index (χ1v) is 11.3. The number of aromatic nitrogens is 1. The number of amides is 2. The smallest absolute Gasteiger partial charge is 0.321 e. The molecule has 0 saturated heterocycles. The summed E-state index contributed by atoms with van der Waals surface area (Å²) >= 11 is 0. The largest absolute Gasteiger partial charge is 0.493 e. The van der Waals surface area contributed by atoms with Crippen LogP contribution in [0.15, 0.2) is 46.9 Å². The number of aryl methyl sites for hydroxylation is 2. The number of nitrogens with zero attached hydrogens (tertiary/aromatic N) is 2. The number of ether oxygens (including phenoxy) is 1. The van der Waals surface area contributed by atoms with Gasteiger partial charge >= 0.3 is 12.0 Å². The van der Waals surface area contributed by atoms with Crippen LogP contribution in [0.3, 0.4) is 0 Å². The molecule has 1 atom stereocenters. The van der Waals surface area contributed by atoms with Crippen molar-refractivity contribution in [3.8, 4) is 17.2 Å². The first kappa shape index (κ1) is 23.4. The normalized spacial score (nSPS) is 14.5. The van der Waals surface area contributed by atoms with Gasteiger partial charge in [-0.3, -0.25) is 4.79 Å². The van der Waals surface area contributed by atoms with Crippen LogP contribution in [-0.4, -0.2) is 47.7 Å². The van der Waals surface area contributed by atoms with Gasteiger partial charge in [0.15, 0.2) is 0 Å². The molecule has 3 aromatic rings. The van der Waals surface area contributed by atoms with Gasteiger partial charge in [-0.15, -0.1) is 0 Å². The standard InChI is InChI=1S/C26H29N3O5/c1-16-23(28-25(34-16)19-5-4-6-20(13-19)27-26(32)29(2)3)11-12-33-21-9-10-22-17(14-21)7-8-18(22)15-24(30)31/h4-6,9-10,13-14,18H,7-8,11-12,15H2,1-3H3,(H,27,32)(H,30,31)/t18-/m0/s1. The number of benzene rings is 2. The van der Waals surface area contributed by atoms with E-state index in [2.05, 4.69) is 10.3 Å². The zero-order valence-corrected chi connectivity index (χ0v) is 19.6.